The first-order chi connectivity index (χ1) is 14.9. The van der Waals surface area contributed by atoms with Gasteiger partial charge in [-0.15, -0.1) is 0 Å². The number of nitrogens with zero attached hydrogens (tertiary/aromatic N) is 1. The maximum Gasteiger partial charge on any atom is 0.317 e. The SMILES string of the molecule is CCCNC(=O)C(NC(=O)c1ccc2c(c1)OCO2)C1CCN(C(=O)NC(C)C)CC1. The van der Waals surface area contributed by atoms with Crippen LogP contribution in [0.15, 0.2) is 18.2 Å². The topological polar surface area (TPSA) is 109 Å². The minimum absolute atomic E-state index is 0.0575. The van der Waals surface area contributed by atoms with Gasteiger partial charge in [0.25, 0.3) is 5.91 Å². The van der Waals surface area contributed by atoms with Crippen LogP contribution in [0.4, 0.5) is 4.79 Å². The zero-order chi connectivity index (χ0) is 22.4. The van der Waals surface area contributed by atoms with Gasteiger partial charge in [-0.05, 0) is 57.2 Å². The maximum absolute atomic E-state index is 12.9. The Labute approximate surface area is 182 Å². The molecule has 1 unspecified atom stereocenters. The Kier molecular flexibility index (Phi) is 7.59. The molecule has 9 nitrogen and oxygen atoms in total. The number of carbonyl (C=O) groups excluding carboxylic acids is 3. The average molecular weight is 433 g/mol. The fraction of sp³-hybridized carbons (Fsp3) is 0.591. The molecule has 9 heteroatoms. The van der Waals surface area contributed by atoms with Crippen LogP contribution in [0.5, 0.6) is 11.5 Å². The van der Waals surface area contributed by atoms with Crippen molar-refractivity contribution in [3.63, 3.8) is 0 Å². The van der Waals surface area contributed by atoms with Gasteiger partial charge in [-0.25, -0.2) is 4.79 Å². The Balaban J connectivity index is 1.66. The van der Waals surface area contributed by atoms with Gasteiger partial charge in [0.1, 0.15) is 6.04 Å². The van der Waals surface area contributed by atoms with Gasteiger partial charge in [0.15, 0.2) is 11.5 Å². The van der Waals surface area contributed by atoms with E-state index in [2.05, 4.69) is 16.0 Å². The van der Waals surface area contributed by atoms with Crippen LogP contribution in [0.1, 0.15) is 50.4 Å². The molecule has 0 spiro atoms. The predicted octanol–water partition coefficient (Wildman–Crippen LogP) is 1.87. The molecule has 1 aromatic carbocycles. The fourth-order valence-corrected chi connectivity index (χ4v) is 3.79. The third kappa shape index (κ3) is 5.80. The summed E-state index contributed by atoms with van der Waals surface area (Å²) in [5, 5.41) is 8.71. The number of urea groups is 1. The summed E-state index contributed by atoms with van der Waals surface area (Å²) in [4.78, 5) is 39.8. The van der Waals surface area contributed by atoms with E-state index < -0.39 is 6.04 Å². The lowest BCUT2D eigenvalue weighted by molar-refractivity contribution is -0.124. The molecule has 4 amide bonds. The summed E-state index contributed by atoms with van der Waals surface area (Å²) in [5.41, 5.74) is 0.409. The third-order valence-electron chi connectivity index (χ3n) is 5.46. The number of likely N-dealkylation sites (tertiary alicyclic amines) is 1. The molecule has 0 aromatic heterocycles. The summed E-state index contributed by atoms with van der Waals surface area (Å²) >= 11 is 0. The summed E-state index contributed by atoms with van der Waals surface area (Å²) in [6.45, 7) is 7.58. The number of ether oxygens (including phenoxy) is 2. The number of amides is 4. The Morgan fingerprint density at radius 3 is 2.48 bits per heavy atom. The Hall–Kier alpha value is -2.97. The highest BCUT2D eigenvalue weighted by molar-refractivity contribution is 5.98. The lowest BCUT2D eigenvalue weighted by atomic mass is 9.88. The molecule has 1 atom stereocenters. The highest BCUT2D eigenvalue weighted by Crippen LogP contribution is 2.32. The quantitative estimate of drug-likeness (QED) is 0.610. The predicted molar refractivity (Wildman–Crippen MR) is 115 cm³/mol. The van der Waals surface area contributed by atoms with Crippen molar-refractivity contribution in [1.82, 2.24) is 20.9 Å². The van der Waals surface area contributed by atoms with Gasteiger partial charge in [-0.2, -0.15) is 0 Å². The summed E-state index contributed by atoms with van der Waals surface area (Å²) in [5.74, 6) is 0.527. The zero-order valence-electron chi connectivity index (χ0n) is 18.4. The van der Waals surface area contributed by atoms with Crippen LogP contribution >= 0.6 is 0 Å². The largest absolute Gasteiger partial charge is 0.454 e. The number of rotatable bonds is 7. The summed E-state index contributed by atoms with van der Waals surface area (Å²) in [6, 6.07) is 4.28. The smallest absolute Gasteiger partial charge is 0.317 e. The summed E-state index contributed by atoms with van der Waals surface area (Å²) in [6.07, 6.45) is 2.08. The van der Waals surface area contributed by atoms with E-state index in [1.807, 2.05) is 20.8 Å². The summed E-state index contributed by atoms with van der Waals surface area (Å²) < 4.78 is 10.6. The lowest BCUT2D eigenvalue weighted by Gasteiger charge is -2.36. The van der Waals surface area contributed by atoms with Crippen molar-refractivity contribution < 1.29 is 23.9 Å². The molecule has 31 heavy (non-hydrogen) atoms. The highest BCUT2D eigenvalue weighted by Gasteiger charge is 2.34. The third-order valence-corrected chi connectivity index (χ3v) is 5.46. The standard InChI is InChI=1S/C22H32N4O5/c1-4-9-23-21(28)19(15-7-10-26(11-8-15)22(29)24-14(2)3)25-20(27)16-5-6-17-18(12-16)31-13-30-17/h5-6,12,14-15,19H,4,7-11,13H2,1-3H3,(H,23,28)(H,24,29)(H,25,27). The van der Waals surface area contributed by atoms with Crippen molar-refractivity contribution in [2.75, 3.05) is 26.4 Å². The molecule has 1 aromatic rings. The lowest BCUT2D eigenvalue weighted by Crippen LogP contribution is -2.55. The van der Waals surface area contributed by atoms with Gasteiger partial charge >= 0.3 is 6.03 Å². The normalized spacial score (nSPS) is 16.7. The van der Waals surface area contributed by atoms with E-state index in [1.54, 1.807) is 23.1 Å². The number of hydrogen-bond acceptors (Lipinski definition) is 5. The van der Waals surface area contributed by atoms with Gasteiger partial charge in [0, 0.05) is 31.2 Å². The van der Waals surface area contributed by atoms with Crippen LogP contribution in [-0.2, 0) is 4.79 Å². The first-order valence-corrected chi connectivity index (χ1v) is 10.9. The first kappa shape index (κ1) is 22.7. The molecule has 2 aliphatic rings. The van der Waals surface area contributed by atoms with Crippen LogP contribution in [0.3, 0.4) is 0 Å². The summed E-state index contributed by atoms with van der Waals surface area (Å²) in [7, 11) is 0. The monoisotopic (exact) mass is 432 g/mol. The van der Waals surface area contributed by atoms with Crippen LogP contribution in [0.2, 0.25) is 0 Å². The number of hydrogen-bond donors (Lipinski definition) is 3. The number of benzene rings is 1. The van der Waals surface area contributed by atoms with E-state index in [4.69, 9.17) is 9.47 Å². The van der Waals surface area contributed by atoms with Crippen molar-refractivity contribution in [3.05, 3.63) is 23.8 Å². The second-order valence-corrected chi connectivity index (χ2v) is 8.24. The zero-order valence-corrected chi connectivity index (χ0v) is 18.4. The average Bonchev–Trinajstić information content (AvgIpc) is 3.23. The molecule has 170 valence electrons. The Bertz CT molecular complexity index is 805. The number of fused-ring (bicyclic) bond motifs is 1. The molecule has 0 radical (unpaired) electrons. The van der Waals surface area contributed by atoms with Crippen LogP contribution in [-0.4, -0.2) is 61.3 Å². The molecule has 1 saturated heterocycles. The van der Waals surface area contributed by atoms with Crippen LogP contribution in [0, 0.1) is 5.92 Å². The van der Waals surface area contributed by atoms with E-state index in [0.717, 1.165) is 6.42 Å². The van der Waals surface area contributed by atoms with Crippen LogP contribution < -0.4 is 25.4 Å². The van der Waals surface area contributed by atoms with E-state index in [1.165, 1.54) is 0 Å². The number of carbonyl (C=O) groups is 3. The molecule has 1 fully saturated rings. The molecule has 0 bridgehead atoms. The second-order valence-electron chi connectivity index (χ2n) is 8.24. The molecule has 3 N–H and O–H groups in total. The maximum atomic E-state index is 12.9. The van der Waals surface area contributed by atoms with Crippen molar-refractivity contribution in [2.45, 2.75) is 52.1 Å². The van der Waals surface area contributed by atoms with Gasteiger partial charge in [-0.1, -0.05) is 6.92 Å². The van der Waals surface area contributed by atoms with Crippen molar-refractivity contribution in [1.29, 1.82) is 0 Å². The van der Waals surface area contributed by atoms with E-state index in [9.17, 15) is 14.4 Å². The van der Waals surface area contributed by atoms with E-state index in [-0.39, 0.29) is 36.6 Å². The first-order valence-electron chi connectivity index (χ1n) is 10.9. The molecule has 3 rings (SSSR count). The minimum Gasteiger partial charge on any atom is -0.454 e. The van der Waals surface area contributed by atoms with Crippen molar-refractivity contribution in [2.24, 2.45) is 5.92 Å². The van der Waals surface area contributed by atoms with Gasteiger partial charge in [-0.3, -0.25) is 9.59 Å². The van der Waals surface area contributed by atoms with Gasteiger partial charge in [0.2, 0.25) is 12.7 Å². The number of piperidine rings is 1. The van der Waals surface area contributed by atoms with E-state index in [0.29, 0.717) is 49.5 Å². The molecule has 2 heterocycles. The van der Waals surface area contributed by atoms with Gasteiger partial charge in [0.05, 0.1) is 0 Å². The second kappa shape index (κ2) is 10.4. The van der Waals surface area contributed by atoms with E-state index >= 15 is 0 Å². The highest BCUT2D eigenvalue weighted by atomic mass is 16.7. The van der Waals surface area contributed by atoms with Gasteiger partial charge < -0.3 is 30.3 Å². The Morgan fingerprint density at radius 1 is 1.10 bits per heavy atom. The Morgan fingerprint density at radius 2 is 1.81 bits per heavy atom. The van der Waals surface area contributed by atoms with Crippen molar-refractivity contribution in [3.8, 4) is 11.5 Å². The molecular formula is C22H32N4O5. The molecular weight excluding hydrogens is 400 g/mol. The fourth-order valence-electron chi connectivity index (χ4n) is 3.79. The minimum atomic E-state index is -0.667. The van der Waals surface area contributed by atoms with Crippen LogP contribution in [0.25, 0.3) is 0 Å². The molecule has 2 aliphatic heterocycles. The number of nitrogens with one attached hydrogen (secondary N) is 3. The molecule has 0 saturated carbocycles. The molecule has 0 aliphatic carbocycles. The van der Waals surface area contributed by atoms with Crippen molar-refractivity contribution >= 4 is 17.8 Å².